The molecule has 1 aliphatic rings. The van der Waals surface area contributed by atoms with Crippen LogP contribution in [-0.4, -0.2) is 36.2 Å². The molecule has 2 N–H and O–H groups in total. The van der Waals surface area contributed by atoms with Crippen LogP contribution in [0.15, 0.2) is 0 Å². The third-order valence-corrected chi connectivity index (χ3v) is 2.51. The van der Waals surface area contributed by atoms with E-state index >= 15 is 0 Å². The largest absolute Gasteiger partial charge is 0.369 e. The minimum absolute atomic E-state index is 0.212. The first-order valence-electron chi connectivity index (χ1n) is 4.70. The second-order valence-corrected chi connectivity index (χ2v) is 3.50. The summed E-state index contributed by atoms with van der Waals surface area (Å²) in [5.74, 6) is -0.353. The number of aldehydes is 1. The smallest absolute Gasteiger partial charge is 0.231 e. The summed E-state index contributed by atoms with van der Waals surface area (Å²) in [7, 11) is 0. The monoisotopic (exact) mass is 184 g/mol. The van der Waals surface area contributed by atoms with Crippen LogP contribution in [0.1, 0.15) is 25.7 Å². The van der Waals surface area contributed by atoms with Gasteiger partial charge < -0.3 is 10.5 Å². The van der Waals surface area contributed by atoms with Crippen LogP contribution in [0.4, 0.5) is 0 Å². The second-order valence-electron chi connectivity index (χ2n) is 3.50. The molecule has 0 heterocycles. The molecule has 0 bridgehead atoms. The number of hydrogen-bond acceptors (Lipinski definition) is 3. The molecule has 0 aromatic rings. The van der Waals surface area contributed by atoms with Crippen molar-refractivity contribution in [1.82, 2.24) is 4.90 Å². The fourth-order valence-electron chi connectivity index (χ4n) is 1.91. The van der Waals surface area contributed by atoms with Gasteiger partial charge in [0.2, 0.25) is 5.91 Å². The average Bonchev–Trinajstić information content (AvgIpc) is 2.54. The van der Waals surface area contributed by atoms with Crippen LogP contribution >= 0.6 is 0 Å². The highest BCUT2D eigenvalue weighted by molar-refractivity contribution is 5.76. The van der Waals surface area contributed by atoms with Crippen LogP contribution in [0.3, 0.4) is 0 Å². The highest BCUT2D eigenvalue weighted by Gasteiger charge is 2.22. The molecule has 0 spiro atoms. The van der Waals surface area contributed by atoms with Crippen LogP contribution in [-0.2, 0) is 9.59 Å². The molecule has 1 aliphatic carbocycles. The Labute approximate surface area is 78.1 Å². The van der Waals surface area contributed by atoms with Crippen LogP contribution in [0, 0.1) is 0 Å². The predicted octanol–water partition coefficient (Wildman–Crippen LogP) is -0.0848. The number of carbonyl (C=O) groups is 2. The molecule has 4 nitrogen and oxygen atoms in total. The fourth-order valence-corrected chi connectivity index (χ4v) is 1.91. The standard InChI is InChI=1S/C9H16N2O2/c10-9(13)7-11(5-6-12)8-3-1-2-4-8/h6,8H,1-5,7H2,(H2,10,13). The number of carbonyl (C=O) groups excluding carboxylic acids is 2. The van der Waals surface area contributed by atoms with Crippen molar-refractivity contribution in [1.29, 1.82) is 0 Å². The van der Waals surface area contributed by atoms with Gasteiger partial charge in [0.15, 0.2) is 0 Å². The van der Waals surface area contributed by atoms with E-state index in [2.05, 4.69) is 0 Å². The van der Waals surface area contributed by atoms with Crippen molar-refractivity contribution in [2.24, 2.45) is 5.73 Å². The summed E-state index contributed by atoms with van der Waals surface area (Å²) in [6, 6.07) is 0.387. The van der Waals surface area contributed by atoms with E-state index < -0.39 is 0 Å². The Hall–Kier alpha value is -0.900. The Morgan fingerprint density at radius 2 is 2.08 bits per heavy atom. The number of primary amides is 1. The first kappa shape index (κ1) is 10.2. The first-order chi connectivity index (χ1) is 6.24. The molecule has 0 saturated heterocycles. The molecule has 0 aromatic carbocycles. The average molecular weight is 184 g/mol. The molecule has 1 fully saturated rings. The van der Waals surface area contributed by atoms with Crippen molar-refractivity contribution in [3.63, 3.8) is 0 Å². The fraction of sp³-hybridized carbons (Fsp3) is 0.778. The Morgan fingerprint density at radius 3 is 2.54 bits per heavy atom. The quantitative estimate of drug-likeness (QED) is 0.608. The Morgan fingerprint density at radius 1 is 1.46 bits per heavy atom. The van der Waals surface area contributed by atoms with Crippen molar-refractivity contribution in [3.05, 3.63) is 0 Å². The maximum absolute atomic E-state index is 10.7. The lowest BCUT2D eigenvalue weighted by Crippen LogP contribution is -2.41. The van der Waals surface area contributed by atoms with E-state index in [0.717, 1.165) is 19.1 Å². The van der Waals surface area contributed by atoms with Crippen molar-refractivity contribution in [2.75, 3.05) is 13.1 Å². The maximum Gasteiger partial charge on any atom is 0.231 e. The molecule has 0 aliphatic heterocycles. The van der Waals surface area contributed by atoms with Gasteiger partial charge in [0, 0.05) is 6.04 Å². The van der Waals surface area contributed by atoms with E-state index in [1.54, 1.807) is 0 Å². The van der Waals surface area contributed by atoms with E-state index in [4.69, 9.17) is 5.73 Å². The summed E-state index contributed by atoms with van der Waals surface area (Å²) in [6.45, 7) is 0.539. The summed E-state index contributed by atoms with van der Waals surface area (Å²) in [6.07, 6.45) is 5.39. The minimum atomic E-state index is -0.353. The maximum atomic E-state index is 10.7. The molecule has 0 aromatic heterocycles. The van der Waals surface area contributed by atoms with Gasteiger partial charge in [-0.3, -0.25) is 9.69 Å². The number of nitrogens with zero attached hydrogens (tertiary/aromatic N) is 1. The zero-order chi connectivity index (χ0) is 9.68. The lowest BCUT2D eigenvalue weighted by atomic mass is 10.2. The predicted molar refractivity (Wildman–Crippen MR) is 49.1 cm³/mol. The van der Waals surface area contributed by atoms with Gasteiger partial charge in [0.25, 0.3) is 0 Å². The van der Waals surface area contributed by atoms with Crippen molar-refractivity contribution in [2.45, 2.75) is 31.7 Å². The molecule has 0 atom stereocenters. The topological polar surface area (TPSA) is 63.4 Å². The molecule has 74 valence electrons. The van der Waals surface area contributed by atoms with Gasteiger partial charge in [-0.1, -0.05) is 12.8 Å². The molecule has 1 saturated carbocycles. The normalized spacial score (nSPS) is 17.9. The Balaban J connectivity index is 2.44. The SMILES string of the molecule is NC(=O)CN(CC=O)C1CCCC1. The molecular weight excluding hydrogens is 168 g/mol. The van der Waals surface area contributed by atoms with E-state index in [0.29, 0.717) is 12.6 Å². The number of hydrogen-bond donors (Lipinski definition) is 1. The van der Waals surface area contributed by atoms with Crippen molar-refractivity contribution in [3.8, 4) is 0 Å². The van der Waals surface area contributed by atoms with Gasteiger partial charge in [-0.25, -0.2) is 0 Å². The lowest BCUT2D eigenvalue weighted by molar-refractivity contribution is -0.120. The number of amides is 1. The van der Waals surface area contributed by atoms with Gasteiger partial charge in [-0.05, 0) is 12.8 Å². The zero-order valence-electron chi connectivity index (χ0n) is 7.74. The molecule has 0 radical (unpaired) electrons. The molecular formula is C9H16N2O2. The Kier molecular flexibility index (Phi) is 3.89. The van der Waals surface area contributed by atoms with Crippen LogP contribution in [0.5, 0.6) is 0 Å². The van der Waals surface area contributed by atoms with Crippen LogP contribution < -0.4 is 5.73 Å². The van der Waals surface area contributed by atoms with Crippen LogP contribution in [0.25, 0.3) is 0 Å². The lowest BCUT2D eigenvalue weighted by Gasteiger charge is -2.24. The van der Waals surface area contributed by atoms with E-state index in [9.17, 15) is 9.59 Å². The van der Waals surface area contributed by atoms with Crippen LogP contribution in [0.2, 0.25) is 0 Å². The molecule has 0 unspecified atom stereocenters. The highest BCUT2D eigenvalue weighted by atomic mass is 16.1. The molecule has 4 heteroatoms. The number of rotatable bonds is 5. The van der Waals surface area contributed by atoms with E-state index in [1.165, 1.54) is 12.8 Å². The van der Waals surface area contributed by atoms with Gasteiger partial charge in [0.05, 0.1) is 13.1 Å². The summed E-state index contributed by atoms with van der Waals surface area (Å²) in [5, 5.41) is 0. The zero-order valence-corrected chi connectivity index (χ0v) is 7.74. The summed E-state index contributed by atoms with van der Waals surface area (Å²) >= 11 is 0. The van der Waals surface area contributed by atoms with Crippen molar-refractivity contribution >= 4 is 12.2 Å². The summed E-state index contributed by atoms with van der Waals surface area (Å²) < 4.78 is 0. The summed E-state index contributed by atoms with van der Waals surface area (Å²) in [5.41, 5.74) is 5.09. The van der Waals surface area contributed by atoms with E-state index in [1.807, 2.05) is 4.90 Å². The minimum Gasteiger partial charge on any atom is -0.369 e. The molecule has 1 amide bonds. The second kappa shape index (κ2) is 4.97. The van der Waals surface area contributed by atoms with Crippen molar-refractivity contribution < 1.29 is 9.59 Å². The molecule has 1 rings (SSSR count). The Bertz CT molecular complexity index is 188. The number of nitrogens with two attached hydrogens (primary N) is 1. The summed E-state index contributed by atoms with van der Waals surface area (Å²) in [4.78, 5) is 22.9. The van der Waals surface area contributed by atoms with E-state index in [-0.39, 0.29) is 12.5 Å². The van der Waals surface area contributed by atoms with Gasteiger partial charge >= 0.3 is 0 Å². The van der Waals surface area contributed by atoms with Gasteiger partial charge in [-0.15, -0.1) is 0 Å². The first-order valence-corrected chi connectivity index (χ1v) is 4.70. The van der Waals surface area contributed by atoms with Gasteiger partial charge in [-0.2, -0.15) is 0 Å². The third-order valence-electron chi connectivity index (χ3n) is 2.51. The highest BCUT2D eigenvalue weighted by Crippen LogP contribution is 2.22. The van der Waals surface area contributed by atoms with Gasteiger partial charge in [0.1, 0.15) is 6.29 Å². The molecule has 13 heavy (non-hydrogen) atoms. The third kappa shape index (κ3) is 3.14.